The Morgan fingerprint density at radius 1 is 1.10 bits per heavy atom. The maximum Gasteiger partial charge on any atom is 0.315 e. The third-order valence-corrected chi connectivity index (χ3v) is 5.27. The maximum atomic E-state index is 12.1. The predicted molar refractivity (Wildman–Crippen MR) is 77.2 cm³/mol. The minimum atomic E-state index is -0.229. The minimum absolute atomic E-state index is 0.0215. The topological polar surface area (TPSA) is 79.5 Å². The Bertz CT molecular complexity index is 389. The maximum absolute atomic E-state index is 12.1. The summed E-state index contributed by atoms with van der Waals surface area (Å²) in [5, 5.41) is 6.00. The van der Waals surface area contributed by atoms with Crippen LogP contribution in [0, 0.1) is 17.8 Å². The van der Waals surface area contributed by atoms with Crippen LogP contribution in [0.15, 0.2) is 0 Å². The molecule has 0 saturated heterocycles. The molecule has 0 radical (unpaired) electrons. The molecule has 3 amide bonds. The number of carbonyl (C=O) groups excluding carboxylic acids is 2. The molecule has 4 rings (SSSR count). The lowest BCUT2D eigenvalue weighted by Gasteiger charge is -2.56. The van der Waals surface area contributed by atoms with Crippen molar-refractivity contribution < 1.29 is 14.4 Å². The monoisotopic (exact) mass is 295 g/mol. The van der Waals surface area contributed by atoms with Crippen molar-refractivity contribution in [3.05, 3.63) is 0 Å². The van der Waals surface area contributed by atoms with Crippen LogP contribution in [0.4, 0.5) is 4.79 Å². The second-order valence-electron chi connectivity index (χ2n) is 7.06. The highest BCUT2D eigenvalue weighted by Gasteiger charge is 2.51. The standard InChI is InChI=1S/C15H25N3O3/c1-21-18-13(19)2-3-16-14(20)17-15-7-10-4-11(8-15)6-12(5-10)9-15/h10-12H,2-9H2,1H3,(H,18,19)(H2,16,17,20). The van der Waals surface area contributed by atoms with Gasteiger partial charge in [-0.15, -0.1) is 0 Å². The van der Waals surface area contributed by atoms with E-state index in [4.69, 9.17) is 0 Å². The van der Waals surface area contributed by atoms with Crippen molar-refractivity contribution in [1.29, 1.82) is 0 Å². The van der Waals surface area contributed by atoms with Gasteiger partial charge in [-0.1, -0.05) is 0 Å². The summed E-state index contributed by atoms with van der Waals surface area (Å²) in [5.41, 5.74) is 2.26. The van der Waals surface area contributed by atoms with Crippen LogP contribution >= 0.6 is 0 Å². The third kappa shape index (κ3) is 3.31. The number of nitrogens with one attached hydrogen (secondary N) is 3. The molecule has 0 aromatic rings. The first-order chi connectivity index (χ1) is 10.1. The van der Waals surface area contributed by atoms with E-state index in [9.17, 15) is 9.59 Å². The Hall–Kier alpha value is -1.30. The second-order valence-corrected chi connectivity index (χ2v) is 7.06. The molecule has 4 bridgehead atoms. The summed E-state index contributed by atoms with van der Waals surface area (Å²) in [6.45, 7) is 0.327. The zero-order valence-electron chi connectivity index (χ0n) is 12.6. The zero-order chi connectivity index (χ0) is 14.9. The number of hydrogen-bond donors (Lipinski definition) is 3. The van der Waals surface area contributed by atoms with Gasteiger partial charge < -0.3 is 10.6 Å². The van der Waals surface area contributed by atoms with Crippen LogP contribution in [0.25, 0.3) is 0 Å². The van der Waals surface area contributed by atoms with Crippen molar-refractivity contribution >= 4 is 11.9 Å². The van der Waals surface area contributed by atoms with Crippen LogP contribution in [-0.4, -0.2) is 31.1 Å². The molecule has 0 unspecified atom stereocenters. The summed E-state index contributed by atoms with van der Waals surface area (Å²) in [5.74, 6) is 2.20. The minimum Gasteiger partial charge on any atom is -0.338 e. The molecule has 118 valence electrons. The molecule has 0 spiro atoms. The van der Waals surface area contributed by atoms with Crippen molar-refractivity contribution in [2.45, 2.75) is 50.5 Å². The van der Waals surface area contributed by atoms with Gasteiger partial charge in [0.2, 0.25) is 5.91 Å². The van der Waals surface area contributed by atoms with Gasteiger partial charge in [-0.05, 0) is 56.3 Å². The van der Waals surface area contributed by atoms with Gasteiger partial charge in [0.1, 0.15) is 0 Å². The third-order valence-electron chi connectivity index (χ3n) is 5.27. The van der Waals surface area contributed by atoms with Gasteiger partial charge in [0.15, 0.2) is 0 Å². The van der Waals surface area contributed by atoms with E-state index in [1.807, 2.05) is 0 Å². The van der Waals surface area contributed by atoms with Gasteiger partial charge in [0.25, 0.3) is 0 Å². The lowest BCUT2D eigenvalue weighted by molar-refractivity contribution is -0.131. The van der Waals surface area contributed by atoms with Gasteiger partial charge >= 0.3 is 6.03 Å². The highest BCUT2D eigenvalue weighted by atomic mass is 16.6. The zero-order valence-corrected chi connectivity index (χ0v) is 12.6. The van der Waals surface area contributed by atoms with Gasteiger partial charge in [-0.3, -0.25) is 9.63 Å². The number of urea groups is 1. The molecule has 0 atom stereocenters. The number of hydroxylamine groups is 1. The van der Waals surface area contributed by atoms with E-state index in [0.29, 0.717) is 6.54 Å². The highest BCUT2D eigenvalue weighted by Crippen LogP contribution is 2.55. The van der Waals surface area contributed by atoms with Crippen LogP contribution in [0.3, 0.4) is 0 Å². The van der Waals surface area contributed by atoms with Gasteiger partial charge in [0, 0.05) is 18.5 Å². The van der Waals surface area contributed by atoms with Gasteiger partial charge in [-0.2, -0.15) is 0 Å². The number of hydrogen-bond acceptors (Lipinski definition) is 3. The van der Waals surface area contributed by atoms with E-state index in [0.717, 1.165) is 37.0 Å². The van der Waals surface area contributed by atoms with Crippen molar-refractivity contribution in [2.75, 3.05) is 13.7 Å². The highest BCUT2D eigenvalue weighted by molar-refractivity contribution is 5.77. The predicted octanol–water partition coefficient (Wildman–Crippen LogP) is 1.32. The van der Waals surface area contributed by atoms with Crippen molar-refractivity contribution in [1.82, 2.24) is 16.1 Å². The molecule has 6 heteroatoms. The molecule has 3 N–H and O–H groups in total. The molecule has 0 heterocycles. The van der Waals surface area contributed by atoms with Crippen LogP contribution in [-0.2, 0) is 9.63 Å². The molecule has 6 nitrogen and oxygen atoms in total. The molecule has 0 aliphatic heterocycles. The number of rotatable bonds is 5. The lowest BCUT2D eigenvalue weighted by atomic mass is 9.53. The summed E-state index contributed by atoms with van der Waals surface area (Å²) < 4.78 is 0. The molecule has 4 aliphatic carbocycles. The lowest BCUT2D eigenvalue weighted by Crippen LogP contribution is -2.61. The van der Waals surface area contributed by atoms with E-state index in [2.05, 4.69) is 21.0 Å². The van der Waals surface area contributed by atoms with E-state index in [-0.39, 0.29) is 23.9 Å². The van der Waals surface area contributed by atoms with E-state index < -0.39 is 0 Å². The molecular weight excluding hydrogens is 270 g/mol. The first-order valence-corrected chi connectivity index (χ1v) is 7.96. The molecule has 4 saturated carbocycles. The average molecular weight is 295 g/mol. The van der Waals surface area contributed by atoms with Crippen molar-refractivity contribution in [3.63, 3.8) is 0 Å². The van der Waals surface area contributed by atoms with Crippen LogP contribution in [0.2, 0.25) is 0 Å². The van der Waals surface area contributed by atoms with Crippen molar-refractivity contribution in [3.8, 4) is 0 Å². The Morgan fingerprint density at radius 3 is 2.19 bits per heavy atom. The summed E-state index contributed by atoms with van der Waals surface area (Å²) in [4.78, 5) is 27.8. The Labute approximate surface area is 125 Å². The van der Waals surface area contributed by atoms with Crippen LogP contribution in [0.1, 0.15) is 44.9 Å². The molecule has 0 aromatic heterocycles. The SMILES string of the molecule is CONC(=O)CCNC(=O)NC12CC3CC(CC(C3)C1)C2. The second kappa shape index (κ2) is 5.83. The normalized spacial score (nSPS) is 36.3. The van der Waals surface area contributed by atoms with Gasteiger partial charge in [0.05, 0.1) is 7.11 Å². The van der Waals surface area contributed by atoms with Crippen LogP contribution in [0.5, 0.6) is 0 Å². The first-order valence-electron chi connectivity index (χ1n) is 7.96. The van der Waals surface area contributed by atoms with Crippen molar-refractivity contribution in [2.24, 2.45) is 17.8 Å². The molecule has 21 heavy (non-hydrogen) atoms. The molecule has 4 aliphatic rings. The summed E-state index contributed by atoms with van der Waals surface area (Å²) in [7, 11) is 1.39. The Balaban J connectivity index is 1.46. The van der Waals surface area contributed by atoms with E-state index >= 15 is 0 Å². The fourth-order valence-electron chi connectivity index (χ4n) is 5.00. The fourth-order valence-corrected chi connectivity index (χ4v) is 5.00. The molecular formula is C15H25N3O3. The number of amides is 3. The smallest absolute Gasteiger partial charge is 0.315 e. The Morgan fingerprint density at radius 2 is 1.67 bits per heavy atom. The first kappa shape index (κ1) is 14.6. The van der Waals surface area contributed by atoms with E-state index in [1.165, 1.54) is 26.4 Å². The molecule has 0 aromatic carbocycles. The van der Waals surface area contributed by atoms with Gasteiger partial charge in [-0.25, -0.2) is 10.3 Å². The van der Waals surface area contributed by atoms with E-state index in [1.54, 1.807) is 0 Å². The summed E-state index contributed by atoms with van der Waals surface area (Å²) >= 11 is 0. The van der Waals surface area contributed by atoms with Crippen LogP contribution < -0.4 is 16.1 Å². The average Bonchev–Trinajstić information content (AvgIpc) is 2.36. The fraction of sp³-hybridized carbons (Fsp3) is 0.867. The molecule has 4 fully saturated rings. The quantitative estimate of drug-likeness (QED) is 0.669. The Kier molecular flexibility index (Phi) is 4.06. The summed E-state index contributed by atoms with van der Waals surface area (Å²) in [6.07, 6.45) is 7.71. The summed E-state index contributed by atoms with van der Waals surface area (Å²) in [6, 6.07) is -0.137. The largest absolute Gasteiger partial charge is 0.338 e. The number of carbonyl (C=O) groups is 2.